The fourth-order valence-electron chi connectivity index (χ4n) is 6.10. The molecule has 1 unspecified atom stereocenters. The van der Waals surface area contributed by atoms with Crippen LogP contribution in [0.1, 0.15) is 49.1 Å². The van der Waals surface area contributed by atoms with E-state index in [2.05, 4.69) is 33.5 Å². The highest BCUT2D eigenvalue weighted by Gasteiger charge is 2.31. The van der Waals surface area contributed by atoms with E-state index < -0.39 is 23.6 Å². The Balaban J connectivity index is 1.09. The van der Waals surface area contributed by atoms with Gasteiger partial charge in [0.1, 0.15) is 6.17 Å². The van der Waals surface area contributed by atoms with Crippen LogP contribution in [0.25, 0.3) is 10.9 Å². The fourth-order valence-corrected chi connectivity index (χ4v) is 7.44. The largest absolute Gasteiger partial charge is 0.593 e. The van der Waals surface area contributed by atoms with Crippen LogP contribution in [0.3, 0.4) is 0 Å². The molecule has 11 heteroatoms. The lowest BCUT2D eigenvalue weighted by Gasteiger charge is -2.32. The number of likely N-dealkylation sites (tertiary alicyclic amines) is 1. The summed E-state index contributed by atoms with van der Waals surface area (Å²) in [5, 5.41) is 7.88. The number of benzene rings is 2. The number of amides is 3. The van der Waals surface area contributed by atoms with Crippen molar-refractivity contribution in [2.75, 3.05) is 37.6 Å². The SMILES string of the molecule is Cn1nc(N2CCC(=O)NC2=O)c2ccc(C3CCN(Cc4cccc([S+]([O-])N5CCC[C@H](F)C5)c4)CC3)cc21. The van der Waals surface area contributed by atoms with Gasteiger partial charge in [0.15, 0.2) is 10.7 Å². The van der Waals surface area contributed by atoms with Gasteiger partial charge < -0.3 is 4.55 Å². The Labute approximate surface area is 236 Å². The van der Waals surface area contributed by atoms with Crippen LogP contribution in [-0.4, -0.2) is 74.4 Å². The van der Waals surface area contributed by atoms with Crippen LogP contribution in [0.2, 0.25) is 0 Å². The van der Waals surface area contributed by atoms with Crippen molar-refractivity contribution in [2.45, 2.75) is 55.6 Å². The highest BCUT2D eigenvalue weighted by atomic mass is 32.2. The fraction of sp³-hybridized carbons (Fsp3) is 0.483. The summed E-state index contributed by atoms with van der Waals surface area (Å²) in [5.74, 6) is 0.754. The Bertz CT molecular complexity index is 1410. The number of hydrogen-bond donors (Lipinski definition) is 1. The molecule has 1 N–H and O–H groups in total. The Morgan fingerprint density at radius 1 is 1.07 bits per heavy atom. The van der Waals surface area contributed by atoms with E-state index in [1.165, 1.54) is 10.5 Å². The number of alkyl halides is 1. The second-order valence-corrected chi connectivity index (χ2v) is 12.5. The Kier molecular flexibility index (Phi) is 7.80. The van der Waals surface area contributed by atoms with Crippen LogP contribution in [-0.2, 0) is 29.7 Å². The van der Waals surface area contributed by atoms with Crippen LogP contribution in [0, 0.1) is 0 Å². The number of carbonyl (C=O) groups excluding carboxylic acids is 2. The van der Waals surface area contributed by atoms with Crippen molar-refractivity contribution in [3.8, 4) is 0 Å². The Morgan fingerprint density at radius 2 is 1.90 bits per heavy atom. The first kappa shape index (κ1) is 27.2. The number of aryl methyl sites for hydroxylation is 1. The predicted octanol–water partition coefficient (Wildman–Crippen LogP) is 3.86. The van der Waals surface area contributed by atoms with Gasteiger partial charge in [-0.15, -0.1) is 4.31 Å². The number of nitrogens with zero attached hydrogens (tertiary/aromatic N) is 5. The summed E-state index contributed by atoms with van der Waals surface area (Å²) < 4.78 is 30.4. The quantitative estimate of drug-likeness (QED) is 0.456. The zero-order chi connectivity index (χ0) is 27.8. The van der Waals surface area contributed by atoms with Crippen molar-refractivity contribution in [2.24, 2.45) is 7.05 Å². The number of hydrogen-bond acceptors (Lipinski definition) is 6. The van der Waals surface area contributed by atoms with Gasteiger partial charge in [0.2, 0.25) is 5.91 Å². The van der Waals surface area contributed by atoms with Crippen molar-refractivity contribution in [1.82, 2.24) is 24.3 Å². The number of halogens is 1. The van der Waals surface area contributed by atoms with Gasteiger partial charge >= 0.3 is 6.03 Å². The highest BCUT2D eigenvalue weighted by Crippen LogP contribution is 2.34. The molecular formula is C29H35FN6O3S. The molecule has 3 amide bonds. The number of imide groups is 1. The van der Waals surface area contributed by atoms with Crippen LogP contribution in [0.4, 0.5) is 15.0 Å². The molecule has 0 aliphatic carbocycles. The maximum absolute atomic E-state index is 13.8. The lowest BCUT2D eigenvalue weighted by atomic mass is 9.89. The number of urea groups is 1. The molecule has 40 heavy (non-hydrogen) atoms. The standard InChI is InChI=1S/C29H35FN6O3S/c1-33-26-17-22(7-8-25(26)28(32-33)36-15-11-27(37)31-29(36)38)21-9-13-34(14-10-21)18-20-4-2-6-24(16-20)40(39)35-12-3-5-23(30)19-35/h2,4,6-8,16-17,21,23H,3,5,9-15,18-19H2,1H3,(H,31,37,38)/t23-,40?/m0/s1. The minimum Gasteiger partial charge on any atom is -0.593 e. The van der Waals surface area contributed by atoms with E-state index in [-0.39, 0.29) is 18.9 Å². The minimum atomic E-state index is -1.33. The second-order valence-electron chi connectivity index (χ2n) is 11.1. The van der Waals surface area contributed by atoms with Gasteiger partial charge in [0, 0.05) is 38.5 Å². The van der Waals surface area contributed by atoms with Gasteiger partial charge in [-0.25, -0.2) is 9.18 Å². The van der Waals surface area contributed by atoms with Crippen molar-refractivity contribution < 1.29 is 18.5 Å². The summed E-state index contributed by atoms with van der Waals surface area (Å²) in [4.78, 5) is 28.7. The third-order valence-corrected chi connectivity index (χ3v) is 9.75. The highest BCUT2D eigenvalue weighted by molar-refractivity contribution is 7.89. The summed E-state index contributed by atoms with van der Waals surface area (Å²) >= 11 is -1.33. The molecule has 212 valence electrons. The van der Waals surface area contributed by atoms with E-state index in [0.717, 1.165) is 60.3 Å². The first-order valence-electron chi connectivity index (χ1n) is 14.1. The molecule has 1 aromatic heterocycles. The number of fused-ring (bicyclic) bond motifs is 1. The van der Waals surface area contributed by atoms with Crippen LogP contribution < -0.4 is 10.2 Å². The average molecular weight is 567 g/mol. The predicted molar refractivity (Wildman–Crippen MR) is 152 cm³/mol. The molecule has 6 rings (SSSR count). The first-order valence-corrected chi connectivity index (χ1v) is 15.2. The molecule has 0 radical (unpaired) electrons. The second kappa shape index (κ2) is 11.5. The molecule has 3 fully saturated rings. The zero-order valence-electron chi connectivity index (χ0n) is 22.7. The summed E-state index contributed by atoms with van der Waals surface area (Å²) in [6.45, 7) is 3.96. The van der Waals surface area contributed by atoms with Gasteiger partial charge in [-0.3, -0.25) is 24.6 Å². The lowest BCUT2D eigenvalue weighted by Crippen LogP contribution is -2.49. The number of rotatable bonds is 6. The summed E-state index contributed by atoms with van der Waals surface area (Å²) in [6.07, 6.45) is 2.73. The first-order chi connectivity index (χ1) is 19.4. The molecule has 4 heterocycles. The molecule has 9 nitrogen and oxygen atoms in total. The number of anilines is 1. The van der Waals surface area contributed by atoms with E-state index in [1.807, 2.05) is 36.0 Å². The summed E-state index contributed by atoms with van der Waals surface area (Å²) in [5.41, 5.74) is 3.37. The number of carbonyl (C=O) groups is 2. The van der Waals surface area contributed by atoms with E-state index in [4.69, 9.17) is 0 Å². The van der Waals surface area contributed by atoms with Crippen molar-refractivity contribution in [3.05, 3.63) is 53.6 Å². The van der Waals surface area contributed by atoms with E-state index in [1.54, 1.807) is 4.31 Å². The molecule has 3 saturated heterocycles. The van der Waals surface area contributed by atoms with Crippen LogP contribution in [0.5, 0.6) is 0 Å². The van der Waals surface area contributed by atoms with E-state index >= 15 is 0 Å². The molecule has 3 aliphatic rings. The number of piperidine rings is 2. The van der Waals surface area contributed by atoms with Crippen LogP contribution >= 0.6 is 0 Å². The zero-order valence-corrected chi connectivity index (χ0v) is 23.5. The Morgan fingerprint density at radius 3 is 2.67 bits per heavy atom. The monoisotopic (exact) mass is 566 g/mol. The maximum Gasteiger partial charge on any atom is 0.329 e. The third-order valence-electron chi connectivity index (χ3n) is 8.29. The molecule has 0 spiro atoms. The molecule has 0 bridgehead atoms. The third kappa shape index (κ3) is 5.60. The smallest absolute Gasteiger partial charge is 0.329 e. The van der Waals surface area contributed by atoms with Crippen LogP contribution in [0.15, 0.2) is 47.4 Å². The van der Waals surface area contributed by atoms with Gasteiger partial charge in [-0.2, -0.15) is 5.10 Å². The molecule has 3 aromatic rings. The van der Waals surface area contributed by atoms with Crippen molar-refractivity contribution >= 4 is 40.0 Å². The summed E-state index contributed by atoms with van der Waals surface area (Å²) in [7, 11) is 1.88. The number of aromatic nitrogens is 2. The molecule has 3 aliphatic heterocycles. The van der Waals surface area contributed by atoms with Crippen molar-refractivity contribution in [1.29, 1.82) is 0 Å². The lowest BCUT2D eigenvalue weighted by molar-refractivity contribution is -0.120. The number of nitrogens with one attached hydrogen (secondary N) is 1. The summed E-state index contributed by atoms with van der Waals surface area (Å²) in [6, 6.07) is 13.9. The maximum atomic E-state index is 13.8. The van der Waals surface area contributed by atoms with Gasteiger partial charge in [0.25, 0.3) is 0 Å². The molecule has 0 saturated carbocycles. The molecular weight excluding hydrogens is 531 g/mol. The van der Waals surface area contributed by atoms with Crippen molar-refractivity contribution in [3.63, 3.8) is 0 Å². The van der Waals surface area contributed by atoms with E-state index in [0.29, 0.717) is 31.2 Å². The average Bonchev–Trinajstić information content (AvgIpc) is 3.28. The topological polar surface area (TPSA) is 96.8 Å². The van der Waals surface area contributed by atoms with Gasteiger partial charge in [-0.1, -0.05) is 18.2 Å². The van der Waals surface area contributed by atoms with Gasteiger partial charge in [-0.05, 0) is 80.1 Å². The normalized spacial score (nSPS) is 22.6. The minimum absolute atomic E-state index is 0.241. The van der Waals surface area contributed by atoms with Gasteiger partial charge in [0.05, 0.1) is 23.4 Å². The molecule has 2 aromatic carbocycles. The van der Waals surface area contributed by atoms with E-state index in [9.17, 15) is 18.5 Å². The Hall–Kier alpha value is -2.99. The molecule has 2 atom stereocenters.